The third-order valence-electron chi connectivity index (χ3n) is 4.76. The molecule has 0 aliphatic carbocycles. The van der Waals surface area contributed by atoms with Gasteiger partial charge in [-0.05, 0) is 37.3 Å². The van der Waals surface area contributed by atoms with Crippen molar-refractivity contribution in [2.45, 2.75) is 13.0 Å². The van der Waals surface area contributed by atoms with Crippen molar-refractivity contribution in [3.05, 3.63) is 53.6 Å². The van der Waals surface area contributed by atoms with Gasteiger partial charge in [0, 0.05) is 36.9 Å². The zero-order chi connectivity index (χ0) is 18.5. The van der Waals surface area contributed by atoms with E-state index in [0.717, 1.165) is 43.3 Å². The summed E-state index contributed by atoms with van der Waals surface area (Å²) in [6.45, 7) is 5.30. The van der Waals surface area contributed by atoms with Gasteiger partial charge in [-0.3, -0.25) is 9.69 Å². The first-order valence-electron chi connectivity index (χ1n) is 8.77. The average Bonchev–Trinajstić information content (AvgIpc) is 2.67. The minimum atomic E-state index is -0.200. The molecule has 0 saturated carbocycles. The Morgan fingerprint density at radius 1 is 1.12 bits per heavy atom. The summed E-state index contributed by atoms with van der Waals surface area (Å²) in [6, 6.07) is 15.1. The SMILES string of the molecule is COc1ccccc1N1CCN([C@H](C)C(=O)Nc2cccc(Cl)c2)CC1. The second-order valence-electron chi connectivity index (χ2n) is 6.37. The van der Waals surface area contributed by atoms with Crippen LogP contribution in [-0.4, -0.2) is 50.1 Å². The molecule has 2 aromatic rings. The molecule has 1 N–H and O–H groups in total. The number of amides is 1. The first kappa shape index (κ1) is 18.5. The monoisotopic (exact) mass is 373 g/mol. The molecular formula is C20H24ClN3O2. The number of para-hydroxylation sites is 2. The Hall–Kier alpha value is -2.24. The van der Waals surface area contributed by atoms with Gasteiger partial charge in [-0.1, -0.05) is 29.8 Å². The Kier molecular flexibility index (Phi) is 6.01. The average molecular weight is 374 g/mol. The minimum absolute atomic E-state index is 0.0157. The number of piperazine rings is 1. The molecule has 1 aliphatic rings. The molecular weight excluding hydrogens is 350 g/mol. The van der Waals surface area contributed by atoms with Gasteiger partial charge < -0.3 is 15.0 Å². The van der Waals surface area contributed by atoms with Crippen LogP contribution in [0.2, 0.25) is 5.02 Å². The molecule has 5 nitrogen and oxygen atoms in total. The first-order chi connectivity index (χ1) is 12.6. The van der Waals surface area contributed by atoms with Crippen LogP contribution in [0.25, 0.3) is 0 Å². The van der Waals surface area contributed by atoms with Crippen LogP contribution in [-0.2, 0) is 4.79 Å². The number of hydrogen-bond donors (Lipinski definition) is 1. The van der Waals surface area contributed by atoms with Crippen molar-refractivity contribution in [1.82, 2.24) is 4.90 Å². The number of nitrogens with one attached hydrogen (secondary N) is 1. The number of benzene rings is 2. The summed E-state index contributed by atoms with van der Waals surface area (Å²) >= 11 is 5.98. The van der Waals surface area contributed by atoms with Crippen LogP contribution in [0.5, 0.6) is 5.75 Å². The summed E-state index contributed by atoms with van der Waals surface area (Å²) in [7, 11) is 1.69. The van der Waals surface area contributed by atoms with Crippen molar-refractivity contribution >= 4 is 28.9 Å². The van der Waals surface area contributed by atoms with Crippen molar-refractivity contribution in [2.24, 2.45) is 0 Å². The van der Waals surface area contributed by atoms with Crippen LogP contribution in [0.4, 0.5) is 11.4 Å². The Labute approximate surface area is 159 Å². The largest absolute Gasteiger partial charge is 0.495 e. The van der Waals surface area contributed by atoms with E-state index in [1.165, 1.54) is 0 Å². The number of carbonyl (C=O) groups excluding carboxylic acids is 1. The maximum Gasteiger partial charge on any atom is 0.241 e. The van der Waals surface area contributed by atoms with Crippen LogP contribution in [0.15, 0.2) is 48.5 Å². The summed E-state index contributed by atoms with van der Waals surface area (Å²) < 4.78 is 5.46. The van der Waals surface area contributed by atoms with E-state index in [2.05, 4.69) is 21.2 Å². The van der Waals surface area contributed by atoms with Gasteiger partial charge in [0.25, 0.3) is 0 Å². The van der Waals surface area contributed by atoms with Crippen LogP contribution in [0, 0.1) is 0 Å². The fourth-order valence-corrected chi connectivity index (χ4v) is 3.41. The standard InChI is InChI=1S/C20H24ClN3O2/c1-15(20(25)22-17-7-5-6-16(21)14-17)23-10-12-24(13-11-23)18-8-3-4-9-19(18)26-2/h3-9,14-15H,10-13H2,1-2H3,(H,22,25)/t15-/m1/s1. The van der Waals surface area contributed by atoms with Gasteiger partial charge in [0.15, 0.2) is 0 Å². The van der Waals surface area contributed by atoms with Crippen molar-refractivity contribution in [3.63, 3.8) is 0 Å². The van der Waals surface area contributed by atoms with E-state index in [1.54, 1.807) is 19.2 Å². The lowest BCUT2D eigenvalue weighted by Gasteiger charge is -2.38. The van der Waals surface area contributed by atoms with E-state index in [0.29, 0.717) is 5.02 Å². The number of hydrogen-bond acceptors (Lipinski definition) is 4. The smallest absolute Gasteiger partial charge is 0.241 e. The molecule has 0 aromatic heterocycles. The lowest BCUT2D eigenvalue weighted by Crippen LogP contribution is -2.52. The minimum Gasteiger partial charge on any atom is -0.495 e. The van der Waals surface area contributed by atoms with Crippen molar-refractivity contribution in [1.29, 1.82) is 0 Å². The van der Waals surface area contributed by atoms with Crippen LogP contribution in [0.3, 0.4) is 0 Å². The second kappa shape index (κ2) is 8.43. The van der Waals surface area contributed by atoms with E-state index < -0.39 is 0 Å². The molecule has 1 amide bonds. The number of halogens is 1. The molecule has 0 radical (unpaired) electrons. The molecule has 1 saturated heterocycles. The fourth-order valence-electron chi connectivity index (χ4n) is 3.22. The summed E-state index contributed by atoms with van der Waals surface area (Å²) in [4.78, 5) is 17.0. The Morgan fingerprint density at radius 2 is 1.85 bits per heavy atom. The van der Waals surface area contributed by atoms with E-state index in [-0.39, 0.29) is 11.9 Å². The predicted octanol–water partition coefficient (Wildman–Crippen LogP) is 3.50. The van der Waals surface area contributed by atoms with E-state index in [4.69, 9.17) is 16.3 Å². The van der Waals surface area contributed by atoms with E-state index in [9.17, 15) is 4.79 Å². The van der Waals surface area contributed by atoms with Crippen molar-refractivity contribution < 1.29 is 9.53 Å². The summed E-state index contributed by atoms with van der Waals surface area (Å²) in [5.41, 5.74) is 1.83. The third-order valence-corrected chi connectivity index (χ3v) is 4.99. The Morgan fingerprint density at radius 3 is 2.54 bits per heavy atom. The summed E-state index contributed by atoms with van der Waals surface area (Å²) in [5, 5.41) is 3.55. The molecule has 6 heteroatoms. The van der Waals surface area contributed by atoms with Crippen LogP contribution in [0.1, 0.15) is 6.92 Å². The van der Waals surface area contributed by atoms with Gasteiger partial charge in [-0.2, -0.15) is 0 Å². The number of carbonyl (C=O) groups is 1. The number of anilines is 2. The third kappa shape index (κ3) is 4.29. The molecule has 2 aromatic carbocycles. The number of nitrogens with zero attached hydrogens (tertiary/aromatic N) is 2. The number of ether oxygens (including phenoxy) is 1. The van der Waals surface area contributed by atoms with Gasteiger partial charge >= 0.3 is 0 Å². The molecule has 1 aliphatic heterocycles. The molecule has 0 bridgehead atoms. The molecule has 26 heavy (non-hydrogen) atoms. The molecule has 3 rings (SSSR count). The van der Waals surface area contributed by atoms with Gasteiger partial charge in [0.05, 0.1) is 18.8 Å². The lowest BCUT2D eigenvalue weighted by molar-refractivity contribution is -0.120. The normalized spacial score (nSPS) is 16.2. The van der Waals surface area contributed by atoms with Gasteiger partial charge in [0.1, 0.15) is 5.75 Å². The van der Waals surface area contributed by atoms with Crippen molar-refractivity contribution in [2.75, 3.05) is 43.5 Å². The zero-order valence-electron chi connectivity index (χ0n) is 15.1. The summed E-state index contributed by atoms with van der Waals surface area (Å²) in [5.74, 6) is 0.866. The molecule has 1 fully saturated rings. The lowest BCUT2D eigenvalue weighted by atomic mass is 10.2. The quantitative estimate of drug-likeness (QED) is 0.871. The molecule has 0 spiro atoms. The van der Waals surface area contributed by atoms with E-state index >= 15 is 0 Å². The highest BCUT2D eigenvalue weighted by Crippen LogP contribution is 2.28. The van der Waals surface area contributed by atoms with Gasteiger partial charge in [0.2, 0.25) is 5.91 Å². The molecule has 1 atom stereocenters. The maximum absolute atomic E-state index is 12.5. The highest BCUT2D eigenvalue weighted by Gasteiger charge is 2.26. The Bertz CT molecular complexity index is 760. The highest BCUT2D eigenvalue weighted by atomic mass is 35.5. The predicted molar refractivity (Wildman–Crippen MR) is 106 cm³/mol. The molecule has 138 valence electrons. The maximum atomic E-state index is 12.5. The second-order valence-corrected chi connectivity index (χ2v) is 6.81. The Balaban J connectivity index is 1.58. The first-order valence-corrected chi connectivity index (χ1v) is 9.14. The van der Waals surface area contributed by atoms with Crippen LogP contribution >= 0.6 is 11.6 Å². The molecule has 1 heterocycles. The summed E-state index contributed by atoms with van der Waals surface area (Å²) in [6.07, 6.45) is 0. The van der Waals surface area contributed by atoms with Gasteiger partial charge in [-0.25, -0.2) is 0 Å². The molecule has 0 unspecified atom stereocenters. The highest BCUT2D eigenvalue weighted by molar-refractivity contribution is 6.30. The van der Waals surface area contributed by atoms with E-state index in [1.807, 2.05) is 37.3 Å². The van der Waals surface area contributed by atoms with Gasteiger partial charge in [-0.15, -0.1) is 0 Å². The van der Waals surface area contributed by atoms with Crippen LogP contribution < -0.4 is 15.0 Å². The van der Waals surface area contributed by atoms with Crippen molar-refractivity contribution in [3.8, 4) is 5.75 Å². The number of methoxy groups -OCH3 is 1. The fraction of sp³-hybridized carbons (Fsp3) is 0.350. The number of rotatable bonds is 5. The topological polar surface area (TPSA) is 44.8 Å². The zero-order valence-corrected chi connectivity index (χ0v) is 15.9.